The van der Waals surface area contributed by atoms with Crippen LogP contribution in [-0.2, 0) is 0 Å². The molecule has 1 aliphatic heterocycles. The van der Waals surface area contributed by atoms with Crippen molar-refractivity contribution in [2.45, 2.75) is 12.8 Å². The third-order valence-electron chi connectivity index (χ3n) is 3.12. The summed E-state index contributed by atoms with van der Waals surface area (Å²) in [5.74, 6) is 0.161. The molecule has 0 spiro atoms. The Balaban J connectivity index is 2.07. The molecule has 0 aromatic carbocycles. The number of nitrogens with zero attached hydrogens (tertiary/aromatic N) is 2. The zero-order valence-corrected chi connectivity index (χ0v) is 11.4. The van der Waals surface area contributed by atoms with Gasteiger partial charge in [-0.15, -0.1) is 0 Å². The molecule has 18 heavy (non-hydrogen) atoms. The van der Waals surface area contributed by atoms with Crippen molar-refractivity contribution in [2.75, 3.05) is 18.4 Å². The van der Waals surface area contributed by atoms with Crippen LogP contribution in [0.3, 0.4) is 0 Å². The number of aromatic nitrogens is 1. The van der Waals surface area contributed by atoms with Crippen molar-refractivity contribution in [3.8, 4) is 0 Å². The number of likely N-dealkylation sites (tertiary alicyclic amines) is 1. The topological polar surface area (TPSA) is 79.2 Å². The number of hydrogen-bond acceptors (Lipinski definition) is 3. The number of aromatic amines is 1. The highest BCUT2D eigenvalue weighted by molar-refractivity contribution is 9.09. The van der Waals surface area contributed by atoms with Gasteiger partial charge in [-0.3, -0.25) is 4.79 Å². The minimum Gasteiger partial charge on any atom is -0.358 e. The third-order valence-corrected chi connectivity index (χ3v) is 4.04. The van der Waals surface area contributed by atoms with Crippen LogP contribution in [0.15, 0.2) is 12.1 Å². The number of piperidine rings is 1. The zero-order chi connectivity index (χ0) is 13.1. The number of amides is 1. The number of rotatable bonds is 3. The van der Waals surface area contributed by atoms with Crippen LogP contribution in [0.2, 0.25) is 0 Å². The molecule has 6 nitrogen and oxygen atoms in total. The summed E-state index contributed by atoms with van der Waals surface area (Å²) >= 11 is 3.43. The number of hydrogen-bond donors (Lipinski definition) is 1. The normalized spacial score (nSPS) is 19.8. The van der Waals surface area contributed by atoms with Crippen molar-refractivity contribution in [3.63, 3.8) is 0 Å². The third kappa shape index (κ3) is 2.72. The number of alkyl halides is 1. The van der Waals surface area contributed by atoms with E-state index in [-0.39, 0.29) is 17.4 Å². The second-order valence-corrected chi connectivity index (χ2v) is 5.08. The number of halogens is 1. The van der Waals surface area contributed by atoms with Gasteiger partial charge in [0.25, 0.3) is 5.91 Å². The molecule has 0 bridgehead atoms. The molecule has 1 aliphatic rings. The van der Waals surface area contributed by atoms with Gasteiger partial charge in [0.15, 0.2) is 5.69 Å². The number of carbonyl (C=O) groups is 1. The lowest BCUT2D eigenvalue weighted by Crippen LogP contribution is -2.40. The molecule has 1 unspecified atom stereocenters. The first-order valence-corrected chi connectivity index (χ1v) is 6.92. The fourth-order valence-electron chi connectivity index (χ4n) is 2.16. The average Bonchev–Trinajstić information content (AvgIpc) is 2.87. The van der Waals surface area contributed by atoms with Gasteiger partial charge in [-0.05, 0) is 29.7 Å². The molecule has 98 valence electrons. The smallest absolute Gasteiger partial charge is 0.321 e. The number of nitro groups is 1. The van der Waals surface area contributed by atoms with Crippen molar-refractivity contribution < 1.29 is 9.72 Å². The molecule has 0 radical (unpaired) electrons. The standard InChI is InChI=1S/C11H14BrN3O3/c12-6-8-2-1-5-14(7-8)11(16)9-3-4-10(13-9)15(17)18/h3-4,8,13H,1-2,5-7H2. The molecule has 1 aromatic heterocycles. The van der Waals surface area contributed by atoms with Gasteiger partial charge >= 0.3 is 5.82 Å². The van der Waals surface area contributed by atoms with Gasteiger partial charge < -0.3 is 15.0 Å². The molecule has 7 heteroatoms. The molecule has 2 heterocycles. The Hall–Kier alpha value is -1.37. The van der Waals surface area contributed by atoms with E-state index in [0.29, 0.717) is 12.5 Å². The van der Waals surface area contributed by atoms with E-state index in [1.54, 1.807) is 4.90 Å². The molecular weight excluding hydrogens is 302 g/mol. The van der Waals surface area contributed by atoms with E-state index in [9.17, 15) is 14.9 Å². The molecule has 1 atom stereocenters. The van der Waals surface area contributed by atoms with Gasteiger partial charge in [-0.1, -0.05) is 15.9 Å². The molecule has 1 N–H and O–H groups in total. The van der Waals surface area contributed by atoms with Crippen LogP contribution in [0, 0.1) is 16.0 Å². The largest absolute Gasteiger partial charge is 0.358 e. The summed E-state index contributed by atoms with van der Waals surface area (Å²) in [6, 6.07) is 2.79. The molecule has 1 amide bonds. The van der Waals surface area contributed by atoms with Gasteiger partial charge in [0, 0.05) is 24.5 Å². The van der Waals surface area contributed by atoms with Crippen LogP contribution in [0.4, 0.5) is 5.82 Å². The predicted octanol–water partition coefficient (Wildman–Crippen LogP) is 2.17. The maximum Gasteiger partial charge on any atom is 0.321 e. The SMILES string of the molecule is O=C(c1ccc([N+](=O)[O-])[nH]1)N1CCCC(CBr)C1. The highest BCUT2D eigenvalue weighted by atomic mass is 79.9. The number of carbonyl (C=O) groups excluding carboxylic acids is 1. The lowest BCUT2D eigenvalue weighted by molar-refractivity contribution is -0.389. The second-order valence-electron chi connectivity index (χ2n) is 4.43. The summed E-state index contributed by atoms with van der Waals surface area (Å²) in [7, 11) is 0. The lowest BCUT2D eigenvalue weighted by atomic mass is 10.00. The zero-order valence-electron chi connectivity index (χ0n) is 9.76. The van der Waals surface area contributed by atoms with Crippen LogP contribution in [0.25, 0.3) is 0 Å². The summed E-state index contributed by atoms with van der Waals surface area (Å²) in [5.41, 5.74) is 0.289. The van der Waals surface area contributed by atoms with Gasteiger partial charge in [-0.25, -0.2) is 4.98 Å². The van der Waals surface area contributed by atoms with E-state index in [0.717, 1.165) is 24.7 Å². The Bertz CT molecular complexity index is 460. The first kappa shape index (κ1) is 13.1. The molecule has 0 aliphatic carbocycles. The Labute approximate surface area is 113 Å². The van der Waals surface area contributed by atoms with Crippen molar-refractivity contribution in [2.24, 2.45) is 5.92 Å². The molecule has 0 saturated carbocycles. The highest BCUT2D eigenvalue weighted by Gasteiger charge is 2.26. The molecule has 1 saturated heterocycles. The summed E-state index contributed by atoms with van der Waals surface area (Å²) < 4.78 is 0. The summed E-state index contributed by atoms with van der Waals surface area (Å²) in [6.07, 6.45) is 2.09. The van der Waals surface area contributed by atoms with Gasteiger partial charge in [0.05, 0.1) is 0 Å². The first-order chi connectivity index (χ1) is 8.61. The van der Waals surface area contributed by atoms with E-state index in [1.807, 2.05) is 0 Å². The van der Waals surface area contributed by atoms with Crippen LogP contribution < -0.4 is 0 Å². The minimum atomic E-state index is -0.533. The van der Waals surface area contributed by atoms with E-state index in [4.69, 9.17) is 0 Å². The summed E-state index contributed by atoms with van der Waals surface area (Å²) in [4.78, 5) is 26.5. The Morgan fingerprint density at radius 2 is 2.39 bits per heavy atom. The van der Waals surface area contributed by atoms with E-state index < -0.39 is 4.92 Å². The molecular formula is C11H14BrN3O3. The first-order valence-electron chi connectivity index (χ1n) is 5.80. The molecule has 2 rings (SSSR count). The maximum absolute atomic E-state index is 12.2. The second kappa shape index (κ2) is 5.51. The highest BCUT2D eigenvalue weighted by Crippen LogP contribution is 2.20. The number of nitrogens with one attached hydrogen (secondary N) is 1. The van der Waals surface area contributed by atoms with Crippen LogP contribution in [0.1, 0.15) is 23.3 Å². The Morgan fingerprint density at radius 3 is 3.00 bits per heavy atom. The van der Waals surface area contributed by atoms with Crippen molar-refractivity contribution in [1.29, 1.82) is 0 Å². The van der Waals surface area contributed by atoms with Gasteiger partial charge in [0.1, 0.15) is 0 Å². The summed E-state index contributed by atoms with van der Waals surface area (Å²) in [5, 5.41) is 11.4. The van der Waals surface area contributed by atoms with E-state index in [1.165, 1.54) is 12.1 Å². The Morgan fingerprint density at radius 1 is 1.61 bits per heavy atom. The van der Waals surface area contributed by atoms with Crippen LogP contribution in [0.5, 0.6) is 0 Å². The van der Waals surface area contributed by atoms with Crippen molar-refractivity contribution >= 4 is 27.7 Å². The minimum absolute atomic E-state index is 0.146. The predicted molar refractivity (Wildman–Crippen MR) is 69.9 cm³/mol. The fraction of sp³-hybridized carbons (Fsp3) is 0.545. The lowest BCUT2D eigenvalue weighted by Gasteiger charge is -2.31. The molecule has 1 fully saturated rings. The van der Waals surface area contributed by atoms with Crippen LogP contribution >= 0.6 is 15.9 Å². The van der Waals surface area contributed by atoms with E-state index in [2.05, 4.69) is 20.9 Å². The van der Waals surface area contributed by atoms with Crippen LogP contribution in [-0.4, -0.2) is 39.1 Å². The Kier molecular flexibility index (Phi) is 4.00. The monoisotopic (exact) mass is 315 g/mol. The molecule has 1 aromatic rings. The van der Waals surface area contributed by atoms with Crippen molar-refractivity contribution in [3.05, 3.63) is 27.9 Å². The maximum atomic E-state index is 12.2. The van der Waals surface area contributed by atoms with E-state index >= 15 is 0 Å². The quantitative estimate of drug-likeness (QED) is 0.527. The van der Waals surface area contributed by atoms with Crippen molar-refractivity contribution in [1.82, 2.24) is 9.88 Å². The fourth-order valence-corrected chi connectivity index (χ4v) is 2.69. The van der Waals surface area contributed by atoms with Gasteiger partial charge in [-0.2, -0.15) is 0 Å². The number of H-pyrrole nitrogens is 1. The summed E-state index contributed by atoms with van der Waals surface area (Å²) in [6.45, 7) is 1.42. The average molecular weight is 316 g/mol. The van der Waals surface area contributed by atoms with Gasteiger partial charge in [0.2, 0.25) is 0 Å².